The van der Waals surface area contributed by atoms with Crippen LogP contribution in [0.1, 0.15) is 33.1 Å². The summed E-state index contributed by atoms with van der Waals surface area (Å²) >= 11 is 0. The molecule has 0 aliphatic carbocycles. The highest BCUT2D eigenvalue weighted by Gasteiger charge is 2.46. The Morgan fingerprint density at radius 3 is 2.45 bits per heavy atom. The number of carbonyl (C=O) groups is 2. The molecule has 0 aromatic rings. The van der Waals surface area contributed by atoms with E-state index in [1.54, 1.807) is 16.8 Å². The average Bonchev–Trinajstić information content (AvgIpc) is 2.63. The molecule has 114 valence electrons. The van der Waals surface area contributed by atoms with Crippen molar-refractivity contribution in [2.75, 3.05) is 26.7 Å². The number of hydrogen-bond acceptors (Lipinski definition) is 4. The third-order valence-electron chi connectivity index (χ3n) is 4.11. The standard InChI is InChI=1S/C14H24N2O4/c1-10(2)8-11(17)12(18)16-6-4-14(5-7-16)9-15(3)13(19)20-14/h10-11,17H,4-9H2,1-3H3/t11-/m0/s1. The van der Waals surface area contributed by atoms with Crippen molar-refractivity contribution in [2.24, 2.45) is 5.92 Å². The van der Waals surface area contributed by atoms with E-state index in [2.05, 4.69) is 0 Å². The van der Waals surface area contributed by atoms with E-state index in [1.807, 2.05) is 13.8 Å². The number of likely N-dealkylation sites (tertiary alicyclic amines) is 1. The van der Waals surface area contributed by atoms with E-state index in [1.165, 1.54) is 0 Å². The van der Waals surface area contributed by atoms with Crippen molar-refractivity contribution in [1.82, 2.24) is 9.80 Å². The summed E-state index contributed by atoms with van der Waals surface area (Å²) in [5, 5.41) is 9.90. The van der Waals surface area contributed by atoms with Crippen molar-refractivity contribution in [3.05, 3.63) is 0 Å². The molecule has 6 heteroatoms. The Hall–Kier alpha value is -1.30. The maximum Gasteiger partial charge on any atom is 0.410 e. The second-order valence-electron chi connectivity index (χ2n) is 6.38. The van der Waals surface area contributed by atoms with Crippen LogP contribution < -0.4 is 0 Å². The monoisotopic (exact) mass is 284 g/mol. The molecule has 1 atom stereocenters. The van der Waals surface area contributed by atoms with Gasteiger partial charge in [-0.05, 0) is 12.3 Å². The zero-order valence-corrected chi connectivity index (χ0v) is 12.5. The number of aliphatic hydroxyl groups excluding tert-OH is 1. The smallest absolute Gasteiger partial charge is 0.410 e. The maximum atomic E-state index is 12.1. The number of hydrogen-bond donors (Lipinski definition) is 1. The van der Waals surface area contributed by atoms with Gasteiger partial charge in [-0.25, -0.2) is 4.79 Å². The normalized spacial score (nSPS) is 23.4. The summed E-state index contributed by atoms with van der Waals surface area (Å²) in [7, 11) is 1.72. The first-order valence-electron chi connectivity index (χ1n) is 7.24. The first kappa shape index (κ1) is 15.1. The molecular weight excluding hydrogens is 260 g/mol. The molecule has 2 heterocycles. The number of ether oxygens (including phenoxy) is 1. The summed E-state index contributed by atoms with van der Waals surface area (Å²) in [5.41, 5.74) is -0.439. The molecule has 6 nitrogen and oxygen atoms in total. The lowest BCUT2D eigenvalue weighted by Gasteiger charge is -2.38. The third-order valence-corrected chi connectivity index (χ3v) is 4.11. The van der Waals surface area contributed by atoms with Crippen LogP contribution in [0.25, 0.3) is 0 Å². The fraction of sp³-hybridized carbons (Fsp3) is 0.857. The van der Waals surface area contributed by atoms with Crippen molar-refractivity contribution in [3.63, 3.8) is 0 Å². The minimum atomic E-state index is -0.919. The highest BCUT2D eigenvalue weighted by Crippen LogP contribution is 2.32. The second kappa shape index (κ2) is 5.60. The molecule has 2 aliphatic rings. The van der Waals surface area contributed by atoms with Crippen LogP contribution in [0.4, 0.5) is 4.79 Å². The molecular formula is C14H24N2O4. The van der Waals surface area contributed by atoms with Gasteiger partial charge in [0.2, 0.25) is 0 Å². The molecule has 0 radical (unpaired) electrons. The van der Waals surface area contributed by atoms with Crippen molar-refractivity contribution in [1.29, 1.82) is 0 Å². The van der Waals surface area contributed by atoms with Crippen LogP contribution in [0.2, 0.25) is 0 Å². The fourth-order valence-electron chi connectivity index (χ4n) is 2.95. The van der Waals surface area contributed by atoms with Gasteiger partial charge in [-0.15, -0.1) is 0 Å². The molecule has 2 aliphatic heterocycles. The van der Waals surface area contributed by atoms with Crippen LogP contribution in [-0.4, -0.2) is 65.3 Å². The molecule has 0 saturated carbocycles. The molecule has 2 amide bonds. The van der Waals surface area contributed by atoms with E-state index in [4.69, 9.17) is 4.74 Å². The molecule has 1 N–H and O–H groups in total. The number of rotatable bonds is 3. The van der Waals surface area contributed by atoms with E-state index in [0.29, 0.717) is 38.9 Å². The predicted molar refractivity (Wildman–Crippen MR) is 73.1 cm³/mol. The van der Waals surface area contributed by atoms with E-state index >= 15 is 0 Å². The number of nitrogens with zero attached hydrogens (tertiary/aromatic N) is 2. The van der Waals surface area contributed by atoms with Crippen LogP contribution in [0, 0.1) is 5.92 Å². The van der Waals surface area contributed by atoms with E-state index in [0.717, 1.165) is 0 Å². The number of amides is 2. The van der Waals surface area contributed by atoms with Gasteiger partial charge in [-0.3, -0.25) is 4.79 Å². The van der Waals surface area contributed by atoms with E-state index in [9.17, 15) is 14.7 Å². The van der Waals surface area contributed by atoms with Gasteiger partial charge in [0.25, 0.3) is 5.91 Å². The molecule has 0 aromatic carbocycles. The highest BCUT2D eigenvalue weighted by molar-refractivity contribution is 5.80. The van der Waals surface area contributed by atoms with Gasteiger partial charge >= 0.3 is 6.09 Å². The Morgan fingerprint density at radius 1 is 1.40 bits per heavy atom. The lowest BCUT2D eigenvalue weighted by molar-refractivity contribution is -0.144. The minimum Gasteiger partial charge on any atom is -0.441 e. The summed E-state index contributed by atoms with van der Waals surface area (Å²) in [5.74, 6) is 0.0840. The number of carbonyl (C=O) groups excluding carboxylic acids is 2. The first-order chi connectivity index (χ1) is 9.33. The lowest BCUT2D eigenvalue weighted by atomic mass is 9.91. The average molecular weight is 284 g/mol. The van der Waals surface area contributed by atoms with Gasteiger partial charge in [0.05, 0.1) is 6.54 Å². The molecule has 1 spiro atoms. The van der Waals surface area contributed by atoms with Crippen LogP contribution in [0.15, 0.2) is 0 Å². The zero-order valence-electron chi connectivity index (χ0n) is 12.5. The van der Waals surface area contributed by atoms with E-state index in [-0.39, 0.29) is 17.9 Å². The molecule has 2 fully saturated rings. The molecule has 0 aromatic heterocycles. The number of piperidine rings is 1. The lowest BCUT2D eigenvalue weighted by Crippen LogP contribution is -2.51. The molecule has 2 saturated heterocycles. The largest absolute Gasteiger partial charge is 0.441 e. The Labute approximate surface area is 119 Å². The third kappa shape index (κ3) is 3.06. The summed E-state index contributed by atoms with van der Waals surface area (Å²) in [6.45, 7) is 5.62. The Kier molecular flexibility index (Phi) is 4.22. The number of aliphatic hydroxyl groups is 1. The van der Waals surface area contributed by atoms with Gasteiger partial charge in [-0.1, -0.05) is 13.8 Å². The quantitative estimate of drug-likeness (QED) is 0.833. The predicted octanol–water partition coefficient (Wildman–Crippen LogP) is 0.837. The molecule has 0 bridgehead atoms. The van der Waals surface area contributed by atoms with Crippen molar-refractivity contribution in [3.8, 4) is 0 Å². The Bertz CT molecular complexity index is 389. The van der Waals surface area contributed by atoms with Gasteiger partial charge in [-0.2, -0.15) is 0 Å². The van der Waals surface area contributed by atoms with Crippen LogP contribution in [0.3, 0.4) is 0 Å². The van der Waals surface area contributed by atoms with Crippen molar-refractivity contribution < 1.29 is 19.4 Å². The van der Waals surface area contributed by atoms with Crippen molar-refractivity contribution in [2.45, 2.75) is 44.8 Å². The Morgan fingerprint density at radius 2 is 2.00 bits per heavy atom. The minimum absolute atomic E-state index is 0.203. The molecule has 2 rings (SSSR count). The number of likely N-dealkylation sites (N-methyl/N-ethyl adjacent to an activating group) is 1. The summed E-state index contributed by atoms with van der Waals surface area (Å²) in [6, 6.07) is 0. The van der Waals surface area contributed by atoms with Crippen LogP contribution >= 0.6 is 0 Å². The summed E-state index contributed by atoms with van der Waals surface area (Å²) in [6.07, 6.45) is 0.562. The van der Waals surface area contributed by atoms with Crippen LogP contribution in [0.5, 0.6) is 0 Å². The highest BCUT2D eigenvalue weighted by atomic mass is 16.6. The second-order valence-corrected chi connectivity index (χ2v) is 6.38. The Balaban J connectivity index is 1.88. The molecule has 20 heavy (non-hydrogen) atoms. The van der Waals surface area contributed by atoms with Gasteiger partial charge in [0.15, 0.2) is 0 Å². The fourth-order valence-corrected chi connectivity index (χ4v) is 2.95. The van der Waals surface area contributed by atoms with E-state index < -0.39 is 11.7 Å². The SMILES string of the molecule is CC(C)C[C@H](O)C(=O)N1CCC2(CC1)CN(C)C(=O)O2. The summed E-state index contributed by atoms with van der Waals surface area (Å²) < 4.78 is 5.44. The first-order valence-corrected chi connectivity index (χ1v) is 7.24. The zero-order chi connectivity index (χ0) is 14.9. The maximum absolute atomic E-state index is 12.1. The van der Waals surface area contributed by atoms with Gasteiger partial charge in [0, 0.05) is 33.0 Å². The summed E-state index contributed by atoms with van der Waals surface area (Å²) in [4.78, 5) is 26.9. The van der Waals surface area contributed by atoms with Gasteiger partial charge in [0.1, 0.15) is 11.7 Å². The van der Waals surface area contributed by atoms with Crippen LogP contribution in [-0.2, 0) is 9.53 Å². The van der Waals surface area contributed by atoms with Gasteiger partial charge < -0.3 is 19.6 Å². The topological polar surface area (TPSA) is 70.1 Å². The molecule has 0 unspecified atom stereocenters. The van der Waals surface area contributed by atoms with Crippen molar-refractivity contribution >= 4 is 12.0 Å².